The molecule has 1 atom stereocenters. The summed E-state index contributed by atoms with van der Waals surface area (Å²) in [6, 6.07) is 20.3. The van der Waals surface area contributed by atoms with Crippen LogP contribution in [-0.4, -0.2) is 66.4 Å². The smallest absolute Gasteiger partial charge is 0.232 e. The van der Waals surface area contributed by atoms with E-state index in [9.17, 15) is 5.11 Å². The Morgan fingerprint density at radius 2 is 1.67 bits per heavy atom. The summed E-state index contributed by atoms with van der Waals surface area (Å²) in [6.45, 7) is 6.20. The van der Waals surface area contributed by atoms with Crippen molar-refractivity contribution in [2.45, 2.75) is 25.5 Å². The van der Waals surface area contributed by atoms with Gasteiger partial charge in [-0.1, -0.05) is 65.8 Å². The van der Waals surface area contributed by atoms with Crippen molar-refractivity contribution in [3.8, 4) is 11.3 Å². The predicted octanol–water partition coefficient (Wildman–Crippen LogP) is 4.04. The van der Waals surface area contributed by atoms with Crippen LogP contribution in [0.15, 0.2) is 65.2 Å². The first-order chi connectivity index (χ1) is 16.2. The van der Waals surface area contributed by atoms with Crippen molar-refractivity contribution in [1.29, 1.82) is 0 Å². The van der Waals surface area contributed by atoms with Crippen LogP contribution in [0.5, 0.6) is 0 Å². The number of nitrogens with zero attached hydrogens (tertiary/aromatic N) is 4. The molecule has 6 nitrogen and oxygen atoms in total. The molecule has 5 rings (SSSR count). The van der Waals surface area contributed by atoms with Crippen molar-refractivity contribution in [3.05, 3.63) is 71.8 Å². The monoisotopic (exact) mass is 446 g/mol. The highest BCUT2D eigenvalue weighted by Crippen LogP contribution is 2.35. The van der Waals surface area contributed by atoms with E-state index in [-0.39, 0.29) is 0 Å². The SMILES string of the molecule is CN1CCN(c2onc(-c3ccccc3)c2CN(CC2CC2)CC(O)c2ccccc2)CC1. The Bertz CT molecular complexity index is 1010. The zero-order chi connectivity index (χ0) is 22.6. The fraction of sp³-hybridized carbons (Fsp3) is 0.444. The van der Waals surface area contributed by atoms with E-state index in [0.717, 1.165) is 73.5 Å². The standard InChI is InChI=1S/C27H34N4O2/c1-29-14-16-31(17-15-29)27-24(26(28-33-27)23-10-6-3-7-11-23)19-30(18-21-12-13-21)20-25(32)22-8-4-2-5-9-22/h2-11,21,25,32H,12-20H2,1H3. The number of rotatable bonds is 9. The van der Waals surface area contributed by atoms with E-state index in [1.165, 1.54) is 12.8 Å². The van der Waals surface area contributed by atoms with Crippen LogP contribution in [0.4, 0.5) is 5.88 Å². The van der Waals surface area contributed by atoms with Crippen LogP contribution in [0.25, 0.3) is 11.3 Å². The zero-order valence-electron chi connectivity index (χ0n) is 19.4. The van der Waals surface area contributed by atoms with Gasteiger partial charge in [-0.05, 0) is 31.4 Å². The molecule has 174 valence electrons. The van der Waals surface area contributed by atoms with Gasteiger partial charge in [0.1, 0.15) is 5.69 Å². The minimum atomic E-state index is -0.517. The number of aliphatic hydroxyl groups is 1. The lowest BCUT2D eigenvalue weighted by molar-refractivity contribution is 0.106. The maximum Gasteiger partial charge on any atom is 0.232 e. The Balaban J connectivity index is 1.43. The summed E-state index contributed by atoms with van der Waals surface area (Å²) in [5.74, 6) is 1.61. The molecule has 2 aliphatic rings. The number of hydrogen-bond donors (Lipinski definition) is 1. The zero-order valence-corrected chi connectivity index (χ0v) is 19.4. The lowest BCUT2D eigenvalue weighted by Crippen LogP contribution is -2.44. The first-order valence-electron chi connectivity index (χ1n) is 12.1. The first kappa shape index (κ1) is 22.1. The molecular weight excluding hydrogens is 412 g/mol. The normalized spacial score (nSPS) is 18.1. The van der Waals surface area contributed by atoms with Crippen molar-refractivity contribution < 1.29 is 9.63 Å². The summed E-state index contributed by atoms with van der Waals surface area (Å²) in [5, 5.41) is 15.5. The summed E-state index contributed by atoms with van der Waals surface area (Å²) in [4.78, 5) is 7.08. The van der Waals surface area contributed by atoms with Crippen LogP contribution in [0.2, 0.25) is 0 Å². The highest BCUT2D eigenvalue weighted by molar-refractivity contribution is 5.68. The van der Waals surface area contributed by atoms with Crippen molar-refractivity contribution >= 4 is 5.88 Å². The quantitative estimate of drug-likeness (QED) is 0.535. The van der Waals surface area contributed by atoms with Gasteiger partial charge in [-0.15, -0.1) is 0 Å². The fourth-order valence-corrected chi connectivity index (χ4v) is 4.64. The van der Waals surface area contributed by atoms with Gasteiger partial charge in [0.2, 0.25) is 5.88 Å². The van der Waals surface area contributed by atoms with E-state index in [1.807, 2.05) is 48.5 Å². The lowest BCUT2D eigenvalue weighted by Gasteiger charge is -2.33. The Kier molecular flexibility index (Phi) is 6.76. The molecule has 2 fully saturated rings. The highest BCUT2D eigenvalue weighted by Gasteiger charge is 2.30. The van der Waals surface area contributed by atoms with Crippen LogP contribution >= 0.6 is 0 Å². The molecule has 1 saturated heterocycles. The van der Waals surface area contributed by atoms with Crippen LogP contribution in [0.1, 0.15) is 30.1 Å². The Morgan fingerprint density at radius 1 is 1.00 bits per heavy atom. The maximum atomic E-state index is 11.0. The summed E-state index contributed by atoms with van der Waals surface area (Å²) in [7, 11) is 2.16. The molecule has 1 aliphatic heterocycles. The molecule has 2 heterocycles. The molecule has 1 unspecified atom stereocenters. The Hall–Kier alpha value is -2.67. The molecule has 0 bridgehead atoms. The second-order valence-electron chi connectivity index (χ2n) is 9.54. The number of piperazine rings is 1. The van der Waals surface area contributed by atoms with Gasteiger partial charge >= 0.3 is 0 Å². The van der Waals surface area contributed by atoms with Crippen molar-refractivity contribution in [1.82, 2.24) is 15.0 Å². The number of hydrogen-bond acceptors (Lipinski definition) is 6. The first-order valence-corrected chi connectivity index (χ1v) is 12.1. The van der Waals surface area contributed by atoms with Crippen LogP contribution in [0, 0.1) is 5.92 Å². The summed E-state index contributed by atoms with van der Waals surface area (Å²) in [5.41, 5.74) is 4.09. The van der Waals surface area contributed by atoms with Crippen molar-refractivity contribution in [2.75, 3.05) is 51.2 Å². The van der Waals surface area contributed by atoms with E-state index in [4.69, 9.17) is 4.52 Å². The molecule has 33 heavy (non-hydrogen) atoms. The van der Waals surface area contributed by atoms with Gasteiger partial charge in [0, 0.05) is 51.4 Å². The molecule has 1 saturated carbocycles. The molecule has 0 amide bonds. The van der Waals surface area contributed by atoms with Gasteiger partial charge in [-0.2, -0.15) is 0 Å². The van der Waals surface area contributed by atoms with Gasteiger partial charge < -0.3 is 19.4 Å². The molecule has 2 aromatic carbocycles. The second-order valence-corrected chi connectivity index (χ2v) is 9.54. The molecule has 0 spiro atoms. The van der Waals surface area contributed by atoms with Crippen LogP contribution < -0.4 is 4.90 Å². The summed E-state index contributed by atoms with van der Waals surface area (Å²) in [6.07, 6.45) is 2.04. The van der Waals surface area contributed by atoms with E-state index >= 15 is 0 Å². The fourth-order valence-electron chi connectivity index (χ4n) is 4.64. The average molecular weight is 447 g/mol. The number of aliphatic hydroxyl groups excluding tert-OH is 1. The number of benzene rings is 2. The van der Waals surface area contributed by atoms with Gasteiger partial charge in [0.25, 0.3) is 0 Å². The Labute approximate surface area is 196 Å². The van der Waals surface area contributed by atoms with Crippen molar-refractivity contribution in [3.63, 3.8) is 0 Å². The van der Waals surface area contributed by atoms with E-state index in [1.54, 1.807) is 0 Å². The maximum absolute atomic E-state index is 11.0. The third-order valence-electron chi connectivity index (χ3n) is 6.82. The van der Waals surface area contributed by atoms with E-state index in [0.29, 0.717) is 6.54 Å². The minimum Gasteiger partial charge on any atom is -0.387 e. The molecular formula is C27H34N4O2. The molecule has 3 aromatic rings. The molecule has 1 N–H and O–H groups in total. The van der Waals surface area contributed by atoms with Gasteiger partial charge in [-0.25, -0.2) is 0 Å². The predicted molar refractivity (Wildman–Crippen MR) is 131 cm³/mol. The number of anilines is 1. The second kappa shape index (κ2) is 10.1. The van der Waals surface area contributed by atoms with Crippen LogP contribution in [-0.2, 0) is 6.54 Å². The lowest BCUT2D eigenvalue weighted by atomic mass is 10.1. The topological polar surface area (TPSA) is 56.0 Å². The number of likely N-dealkylation sites (N-methyl/N-ethyl adjacent to an activating group) is 1. The largest absolute Gasteiger partial charge is 0.387 e. The van der Waals surface area contributed by atoms with Crippen LogP contribution in [0.3, 0.4) is 0 Å². The molecule has 0 radical (unpaired) electrons. The van der Waals surface area contributed by atoms with Gasteiger partial charge in [-0.3, -0.25) is 4.90 Å². The molecule has 6 heteroatoms. The third-order valence-corrected chi connectivity index (χ3v) is 6.82. The molecule has 1 aliphatic carbocycles. The number of aromatic nitrogens is 1. The summed E-state index contributed by atoms with van der Waals surface area (Å²) < 4.78 is 6.00. The van der Waals surface area contributed by atoms with Gasteiger partial charge in [0.05, 0.1) is 11.7 Å². The molecule has 1 aromatic heterocycles. The minimum absolute atomic E-state index is 0.517. The Morgan fingerprint density at radius 3 is 2.33 bits per heavy atom. The highest BCUT2D eigenvalue weighted by atomic mass is 16.5. The average Bonchev–Trinajstić information content (AvgIpc) is 3.57. The van der Waals surface area contributed by atoms with Gasteiger partial charge in [0.15, 0.2) is 0 Å². The van der Waals surface area contributed by atoms with E-state index < -0.39 is 6.10 Å². The van der Waals surface area contributed by atoms with Crippen molar-refractivity contribution in [2.24, 2.45) is 5.92 Å². The summed E-state index contributed by atoms with van der Waals surface area (Å²) >= 11 is 0. The van der Waals surface area contributed by atoms with E-state index in [2.05, 4.69) is 39.0 Å². The third kappa shape index (κ3) is 5.46.